The third-order valence-electron chi connectivity index (χ3n) is 2.82. The predicted octanol–water partition coefficient (Wildman–Crippen LogP) is 2.67. The van der Waals surface area contributed by atoms with Crippen molar-refractivity contribution in [3.05, 3.63) is 42.0 Å². The summed E-state index contributed by atoms with van der Waals surface area (Å²) >= 11 is 4.98. The molecule has 0 radical (unpaired) electrons. The molecule has 0 saturated carbocycles. The minimum absolute atomic E-state index is 0.472. The molecule has 0 aliphatic rings. The number of nitrogens with one attached hydrogen (secondary N) is 2. The fraction of sp³-hybridized carbons (Fsp3) is 0.200. The Morgan fingerprint density at radius 2 is 2.10 bits per heavy atom. The molecule has 104 valence electrons. The molecule has 0 saturated heterocycles. The van der Waals surface area contributed by atoms with Crippen LogP contribution < -0.4 is 15.5 Å². The first-order valence-electron chi connectivity index (χ1n) is 6.41. The van der Waals surface area contributed by atoms with E-state index in [1.165, 1.54) is 0 Å². The largest absolute Gasteiger partial charge is 0.493 e. The highest BCUT2D eigenvalue weighted by Crippen LogP contribution is 2.26. The Hall–Kier alpha value is -2.14. The molecule has 2 N–H and O–H groups in total. The van der Waals surface area contributed by atoms with Crippen LogP contribution in [0, 0.1) is 0 Å². The van der Waals surface area contributed by atoms with Crippen LogP contribution in [0.5, 0.6) is 5.75 Å². The van der Waals surface area contributed by atoms with Crippen LogP contribution in [0.1, 0.15) is 12.5 Å². The minimum atomic E-state index is 0.472. The zero-order valence-electron chi connectivity index (χ0n) is 11.5. The van der Waals surface area contributed by atoms with Gasteiger partial charge in [-0.15, -0.1) is 0 Å². The molecule has 5 heteroatoms. The van der Waals surface area contributed by atoms with Crippen molar-refractivity contribution in [1.29, 1.82) is 0 Å². The summed E-state index contributed by atoms with van der Waals surface area (Å²) in [4.78, 5) is 0. The standard InChI is InChI=1S/C15H17N3OS/c1-3-19-14-9-8-11-6-4-5-7-12(11)13(14)10-17-18-15(20)16-2/h4-10H,3H2,1-2H3,(H2,16,18,20)/b17-10+. The summed E-state index contributed by atoms with van der Waals surface area (Å²) in [6, 6.07) is 12.1. The van der Waals surface area contributed by atoms with Crippen LogP contribution in [0.3, 0.4) is 0 Å². The molecule has 0 atom stereocenters. The molecule has 2 rings (SSSR count). The lowest BCUT2D eigenvalue weighted by Crippen LogP contribution is -2.28. The molecular formula is C15H17N3OS. The van der Waals surface area contributed by atoms with Gasteiger partial charge in [0.15, 0.2) is 5.11 Å². The SMILES string of the molecule is CCOc1ccc2ccccc2c1/C=N/NC(=S)NC. The fourth-order valence-corrected chi connectivity index (χ4v) is 1.95. The quantitative estimate of drug-likeness (QED) is 0.515. The monoisotopic (exact) mass is 287 g/mol. The van der Waals surface area contributed by atoms with Gasteiger partial charge in [0.2, 0.25) is 0 Å². The van der Waals surface area contributed by atoms with Crippen molar-refractivity contribution in [3.8, 4) is 5.75 Å². The number of benzene rings is 2. The fourth-order valence-electron chi connectivity index (χ4n) is 1.90. The maximum Gasteiger partial charge on any atom is 0.186 e. The molecule has 0 aliphatic carbocycles. The topological polar surface area (TPSA) is 45.6 Å². The molecule has 0 bridgehead atoms. The van der Waals surface area contributed by atoms with Gasteiger partial charge in [-0.1, -0.05) is 30.3 Å². The normalized spacial score (nSPS) is 10.7. The summed E-state index contributed by atoms with van der Waals surface area (Å²) in [6.07, 6.45) is 1.73. The van der Waals surface area contributed by atoms with Gasteiger partial charge in [0.1, 0.15) is 5.75 Å². The summed E-state index contributed by atoms with van der Waals surface area (Å²) in [7, 11) is 1.74. The van der Waals surface area contributed by atoms with E-state index in [4.69, 9.17) is 17.0 Å². The van der Waals surface area contributed by atoms with E-state index in [2.05, 4.69) is 28.0 Å². The van der Waals surface area contributed by atoms with E-state index in [9.17, 15) is 0 Å². The third-order valence-corrected chi connectivity index (χ3v) is 3.11. The number of fused-ring (bicyclic) bond motifs is 1. The second kappa shape index (κ2) is 6.86. The molecule has 4 nitrogen and oxygen atoms in total. The summed E-state index contributed by atoms with van der Waals surface area (Å²) in [5.74, 6) is 0.812. The minimum Gasteiger partial charge on any atom is -0.493 e. The van der Waals surface area contributed by atoms with E-state index >= 15 is 0 Å². The maximum atomic E-state index is 5.66. The van der Waals surface area contributed by atoms with Gasteiger partial charge in [-0.25, -0.2) is 0 Å². The lowest BCUT2D eigenvalue weighted by molar-refractivity contribution is 0.340. The van der Waals surface area contributed by atoms with E-state index in [1.807, 2.05) is 31.2 Å². The Morgan fingerprint density at radius 3 is 2.85 bits per heavy atom. The lowest BCUT2D eigenvalue weighted by atomic mass is 10.0. The van der Waals surface area contributed by atoms with Crippen molar-refractivity contribution in [1.82, 2.24) is 10.7 Å². The van der Waals surface area contributed by atoms with Crippen molar-refractivity contribution in [2.75, 3.05) is 13.7 Å². The number of ether oxygens (including phenoxy) is 1. The highest BCUT2D eigenvalue weighted by molar-refractivity contribution is 7.80. The van der Waals surface area contributed by atoms with Crippen molar-refractivity contribution < 1.29 is 4.74 Å². The van der Waals surface area contributed by atoms with Crippen LogP contribution in [0.4, 0.5) is 0 Å². The van der Waals surface area contributed by atoms with Gasteiger partial charge in [-0.2, -0.15) is 5.10 Å². The van der Waals surface area contributed by atoms with Gasteiger partial charge in [0.05, 0.1) is 12.8 Å². The van der Waals surface area contributed by atoms with Crippen molar-refractivity contribution in [3.63, 3.8) is 0 Å². The van der Waals surface area contributed by atoms with Gasteiger partial charge in [0.25, 0.3) is 0 Å². The highest BCUT2D eigenvalue weighted by Gasteiger charge is 2.06. The van der Waals surface area contributed by atoms with Crippen LogP contribution in [-0.2, 0) is 0 Å². The molecule has 0 amide bonds. The Labute approximate surface area is 123 Å². The number of rotatable bonds is 4. The van der Waals surface area contributed by atoms with Gasteiger partial charge in [-0.05, 0) is 36.0 Å². The lowest BCUT2D eigenvalue weighted by Gasteiger charge is -2.10. The molecule has 0 aliphatic heterocycles. The van der Waals surface area contributed by atoms with Gasteiger partial charge < -0.3 is 10.1 Å². The number of hydrazone groups is 1. The van der Waals surface area contributed by atoms with Gasteiger partial charge in [0, 0.05) is 12.6 Å². The predicted molar refractivity (Wildman–Crippen MR) is 87.5 cm³/mol. The zero-order chi connectivity index (χ0) is 14.4. The first-order chi connectivity index (χ1) is 9.76. The van der Waals surface area contributed by atoms with E-state index < -0.39 is 0 Å². The average Bonchev–Trinajstić information content (AvgIpc) is 2.49. The molecular weight excluding hydrogens is 270 g/mol. The summed E-state index contributed by atoms with van der Waals surface area (Å²) in [5.41, 5.74) is 3.69. The Kier molecular flexibility index (Phi) is 4.90. The van der Waals surface area contributed by atoms with Crippen molar-refractivity contribution in [2.24, 2.45) is 5.10 Å². The van der Waals surface area contributed by atoms with Crippen molar-refractivity contribution >= 4 is 34.3 Å². The highest BCUT2D eigenvalue weighted by atomic mass is 32.1. The van der Waals surface area contributed by atoms with Crippen molar-refractivity contribution in [2.45, 2.75) is 6.92 Å². The van der Waals surface area contributed by atoms with Gasteiger partial charge in [-0.3, -0.25) is 5.43 Å². The average molecular weight is 287 g/mol. The smallest absolute Gasteiger partial charge is 0.186 e. The number of thiocarbonyl (C=S) groups is 1. The molecule has 20 heavy (non-hydrogen) atoms. The number of nitrogens with zero attached hydrogens (tertiary/aromatic N) is 1. The number of hydrogen-bond donors (Lipinski definition) is 2. The molecule has 0 aromatic heterocycles. The molecule has 0 heterocycles. The second-order valence-corrected chi connectivity index (χ2v) is 4.49. The molecule has 0 spiro atoms. The first-order valence-corrected chi connectivity index (χ1v) is 6.82. The Balaban J connectivity index is 2.41. The van der Waals surface area contributed by atoms with E-state index in [1.54, 1.807) is 13.3 Å². The van der Waals surface area contributed by atoms with Crippen LogP contribution >= 0.6 is 12.2 Å². The molecule has 2 aromatic rings. The molecule has 0 unspecified atom stereocenters. The van der Waals surface area contributed by atoms with E-state index in [-0.39, 0.29) is 0 Å². The molecule has 2 aromatic carbocycles. The van der Waals surface area contributed by atoms with Crippen LogP contribution in [-0.4, -0.2) is 25.0 Å². The molecule has 0 fully saturated rings. The van der Waals surface area contributed by atoms with Gasteiger partial charge >= 0.3 is 0 Å². The van der Waals surface area contributed by atoms with Crippen LogP contribution in [0.25, 0.3) is 10.8 Å². The summed E-state index contributed by atoms with van der Waals surface area (Å²) in [5, 5.41) is 9.67. The van der Waals surface area contributed by atoms with E-state index in [0.717, 1.165) is 22.1 Å². The first kappa shape index (κ1) is 14.3. The third kappa shape index (κ3) is 3.24. The van der Waals surface area contributed by atoms with E-state index in [0.29, 0.717) is 11.7 Å². The summed E-state index contributed by atoms with van der Waals surface area (Å²) in [6.45, 7) is 2.58. The number of hydrogen-bond acceptors (Lipinski definition) is 3. The Morgan fingerprint density at radius 1 is 1.30 bits per heavy atom. The zero-order valence-corrected chi connectivity index (χ0v) is 12.3. The Bertz CT molecular complexity index is 640. The van der Waals surface area contributed by atoms with Crippen LogP contribution in [0.2, 0.25) is 0 Å². The van der Waals surface area contributed by atoms with Crippen LogP contribution in [0.15, 0.2) is 41.5 Å². The summed E-state index contributed by atoms with van der Waals surface area (Å²) < 4.78 is 5.66. The maximum absolute atomic E-state index is 5.66. The second-order valence-electron chi connectivity index (χ2n) is 4.08.